The van der Waals surface area contributed by atoms with Crippen molar-refractivity contribution in [1.82, 2.24) is 35.1 Å². The summed E-state index contributed by atoms with van der Waals surface area (Å²) in [4.78, 5) is 19.0. The molecule has 1 atom stereocenters. The summed E-state index contributed by atoms with van der Waals surface area (Å²) in [7, 11) is -5.68. The molecule has 1 saturated carbocycles. The van der Waals surface area contributed by atoms with Gasteiger partial charge in [-0.05, 0) is 88.1 Å². The molecule has 3 heterocycles. The first kappa shape index (κ1) is 40.0. The fourth-order valence-electron chi connectivity index (χ4n) is 6.91. The molecule has 3 aromatic carbocycles. The molecule has 298 valence electrons. The molecule has 57 heavy (non-hydrogen) atoms. The number of pyridine rings is 1. The number of rotatable bonds is 13. The number of nitrogens with one attached hydrogen (secondary N) is 2. The average molecular weight is 837 g/mol. The molecule has 0 saturated heterocycles. The van der Waals surface area contributed by atoms with Gasteiger partial charge in [0.05, 0.1) is 55.1 Å². The molecular formula is C39H39ClF2N8O5S2. The largest absolute Gasteiger partial charge is 0.346 e. The van der Waals surface area contributed by atoms with Crippen molar-refractivity contribution >= 4 is 71.2 Å². The number of aromatic nitrogens is 6. The zero-order chi connectivity index (χ0) is 41.0. The van der Waals surface area contributed by atoms with Crippen LogP contribution in [0.15, 0.2) is 72.3 Å². The van der Waals surface area contributed by atoms with Gasteiger partial charge in [0, 0.05) is 24.2 Å². The Bertz CT molecular complexity index is 2820. The van der Waals surface area contributed by atoms with Crippen molar-refractivity contribution in [3.05, 3.63) is 106 Å². The van der Waals surface area contributed by atoms with Crippen molar-refractivity contribution in [2.24, 2.45) is 7.05 Å². The number of carbonyl (C=O) groups is 1. The Kier molecular flexibility index (Phi) is 10.5. The van der Waals surface area contributed by atoms with E-state index in [1.807, 2.05) is 0 Å². The van der Waals surface area contributed by atoms with Gasteiger partial charge in [-0.25, -0.2) is 30.3 Å². The van der Waals surface area contributed by atoms with Gasteiger partial charge in [0.15, 0.2) is 15.7 Å². The average Bonchev–Trinajstić information content (AvgIpc) is 3.85. The summed E-state index contributed by atoms with van der Waals surface area (Å²) in [6.07, 6.45) is 3.74. The van der Waals surface area contributed by atoms with Gasteiger partial charge in [0.1, 0.15) is 23.7 Å². The number of hydrogen-bond acceptors (Lipinski definition) is 9. The number of halogens is 3. The van der Waals surface area contributed by atoms with Gasteiger partial charge in [-0.3, -0.25) is 19.2 Å². The van der Waals surface area contributed by atoms with Gasteiger partial charge in [0.2, 0.25) is 15.9 Å². The summed E-state index contributed by atoms with van der Waals surface area (Å²) in [5.74, 6) is -2.16. The van der Waals surface area contributed by atoms with Crippen molar-refractivity contribution in [1.29, 1.82) is 0 Å². The second-order valence-corrected chi connectivity index (χ2v) is 19.7. The van der Waals surface area contributed by atoms with Crippen LogP contribution in [-0.4, -0.2) is 68.8 Å². The van der Waals surface area contributed by atoms with Gasteiger partial charge < -0.3 is 5.32 Å². The van der Waals surface area contributed by atoms with Crippen LogP contribution in [0.2, 0.25) is 5.02 Å². The quantitative estimate of drug-likeness (QED) is 0.131. The first-order chi connectivity index (χ1) is 26.8. The first-order valence-electron chi connectivity index (χ1n) is 17.9. The lowest BCUT2D eigenvalue weighted by atomic mass is 9.93. The minimum Gasteiger partial charge on any atom is -0.346 e. The van der Waals surface area contributed by atoms with Crippen LogP contribution in [0.4, 0.5) is 14.6 Å². The second-order valence-electron chi connectivity index (χ2n) is 14.8. The summed E-state index contributed by atoms with van der Waals surface area (Å²) >= 11 is 6.67. The van der Waals surface area contributed by atoms with Crippen LogP contribution in [0.5, 0.6) is 0 Å². The third kappa shape index (κ3) is 8.13. The Labute approximate surface area is 333 Å². The van der Waals surface area contributed by atoms with E-state index in [9.17, 15) is 30.4 Å². The normalized spacial score (nSPS) is 14.6. The Morgan fingerprint density at radius 3 is 2.39 bits per heavy atom. The van der Waals surface area contributed by atoms with Gasteiger partial charge in [-0.1, -0.05) is 46.7 Å². The number of sulfone groups is 1. The van der Waals surface area contributed by atoms with Gasteiger partial charge >= 0.3 is 0 Å². The maximum Gasteiger partial charge on any atom is 0.242 e. The van der Waals surface area contributed by atoms with Crippen molar-refractivity contribution in [2.45, 2.75) is 62.6 Å². The number of sulfonamides is 1. The summed E-state index contributed by atoms with van der Waals surface area (Å²) in [6, 6.07) is 15.8. The maximum absolute atomic E-state index is 14.7. The maximum atomic E-state index is 14.7. The fraction of sp³-hybridized carbons (Fsp3) is 0.308. The van der Waals surface area contributed by atoms with E-state index in [0.29, 0.717) is 57.2 Å². The summed E-state index contributed by atoms with van der Waals surface area (Å²) in [5.41, 5.74) is 3.90. The first-order valence-corrected chi connectivity index (χ1v) is 21.7. The fourth-order valence-corrected chi connectivity index (χ4v) is 9.75. The summed E-state index contributed by atoms with van der Waals surface area (Å²) in [6.45, 7) is 4.78. The highest BCUT2D eigenvalue weighted by Gasteiger charge is 2.47. The number of anilines is 1. The molecular weight excluding hydrogens is 798 g/mol. The van der Waals surface area contributed by atoms with E-state index in [-0.39, 0.29) is 35.1 Å². The van der Waals surface area contributed by atoms with E-state index in [1.165, 1.54) is 9.36 Å². The van der Waals surface area contributed by atoms with E-state index in [0.717, 1.165) is 24.5 Å². The van der Waals surface area contributed by atoms with E-state index >= 15 is 0 Å². The molecule has 1 amide bonds. The number of fused-ring (bicyclic) bond motifs is 2. The number of amides is 1. The molecule has 1 aliphatic rings. The van der Waals surface area contributed by atoms with Crippen LogP contribution in [0.1, 0.15) is 56.6 Å². The topological polar surface area (TPSA) is 171 Å². The van der Waals surface area contributed by atoms with Gasteiger partial charge in [0.25, 0.3) is 0 Å². The van der Waals surface area contributed by atoms with E-state index < -0.39 is 53.4 Å². The Hall–Kier alpha value is -5.26. The van der Waals surface area contributed by atoms with Crippen LogP contribution in [0.25, 0.3) is 39.1 Å². The monoisotopic (exact) mass is 836 g/mol. The predicted molar refractivity (Wildman–Crippen MR) is 216 cm³/mol. The number of para-hydroxylation sites is 1. The molecule has 7 rings (SSSR count). The molecule has 2 N–H and O–H groups in total. The Morgan fingerprint density at radius 2 is 1.70 bits per heavy atom. The number of hydrogen-bond donors (Lipinski definition) is 2. The number of nitrogens with zero attached hydrogens (tertiary/aromatic N) is 6. The second kappa shape index (κ2) is 14.9. The zero-order valence-electron chi connectivity index (χ0n) is 31.6. The van der Waals surface area contributed by atoms with Crippen molar-refractivity contribution in [3.8, 4) is 11.1 Å². The molecule has 0 bridgehead atoms. The lowest BCUT2D eigenvalue weighted by Crippen LogP contribution is -2.36. The standard InChI is InChI=1S/C39H39ClF2N8O5S2/c1-22(39(2,3)57(54,55)27-11-12-27)16-26-10-13-28(29-14-15-30(40)35-37(29)49(4)46-38(35)47-56(5,52)53)36(43-26)32(19-23-17-24(41)20-25(42)18-23)44-34(51)21-50-33-9-7-6-8-31(33)45-48-50/h6-10,13-18,20,27,32H,11-12,19,21H2,1-5H3,(H,44,51)(H,46,47)/b22-16+/t32-/m0/s1. The highest BCUT2D eigenvalue weighted by atomic mass is 35.5. The highest BCUT2D eigenvalue weighted by molar-refractivity contribution is 7.93. The van der Waals surface area contributed by atoms with Crippen LogP contribution in [0.3, 0.4) is 0 Å². The lowest BCUT2D eigenvalue weighted by molar-refractivity contribution is -0.122. The van der Waals surface area contributed by atoms with Crippen LogP contribution in [-0.2, 0) is 44.7 Å². The number of aryl methyl sites for hydroxylation is 1. The van der Waals surface area contributed by atoms with E-state index in [1.54, 1.807) is 82.4 Å². The third-order valence-electron chi connectivity index (χ3n) is 10.2. The SMILES string of the molecule is C/C(=C\c1ccc(-c2ccc(Cl)c3c(NS(C)(=O)=O)nn(C)c23)c([C@H](Cc2cc(F)cc(F)c2)NC(=O)Cn2nnc3ccccc32)n1)C(C)(C)S(=O)(=O)C1CC1. The minimum atomic E-state index is -3.77. The van der Waals surface area contributed by atoms with Crippen molar-refractivity contribution in [3.63, 3.8) is 0 Å². The summed E-state index contributed by atoms with van der Waals surface area (Å²) in [5, 5.41) is 15.8. The zero-order valence-corrected chi connectivity index (χ0v) is 34.0. The molecule has 18 heteroatoms. The van der Waals surface area contributed by atoms with Crippen LogP contribution < -0.4 is 10.0 Å². The van der Waals surface area contributed by atoms with Crippen molar-refractivity contribution in [2.75, 3.05) is 11.0 Å². The minimum absolute atomic E-state index is 0.00853. The molecule has 0 aliphatic heterocycles. The predicted octanol–water partition coefficient (Wildman–Crippen LogP) is 6.54. The molecule has 1 fully saturated rings. The molecule has 13 nitrogen and oxygen atoms in total. The number of benzene rings is 3. The van der Waals surface area contributed by atoms with Crippen LogP contribution >= 0.6 is 11.6 Å². The van der Waals surface area contributed by atoms with Gasteiger partial charge in [-0.2, -0.15) is 5.10 Å². The Morgan fingerprint density at radius 1 is 1.02 bits per heavy atom. The smallest absolute Gasteiger partial charge is 0.242 e. The van der Waals surface area contributed by atoms with Crippen LogP contribution in [0, 0.1) is 11.6 Å². The summed E-state index contributed by atoms with van der Waals surface area (Å²) < 4.78 is 85.0. The highest BCUT2D eigenvalue weighted by Crippen LogP contribution is 2.42. The van der Waals surface area contributed by atoms with Crippen molar-refractivity contribution < 1.29 is 30.4 Å². The molecule has 0 unspecified atom stereocenters. The third-order valence-corrected chi connectivity index (χ3v) is 14.2. The Balaban J connectivity index is 1.42. The molecule has 3 aromatic heterocycles. The molecule has 6 aromatic rings. The lowest BCUT2D eigenvalue weighted by Gasteiger charge is -2.26. The molecule has 0 spiro atoms. The molecule has 1 aliphatic carbocycles. The van der Waals surface area contributed by atoms with E-state index in [2.05, 4.69) is 25.4 Å². The number of carbonyl (C=O) groups excluding carboxylic acids is 1. The molecule has 0 radical (unpaired) electrons. The van der Waals surface area contributed by atoms with E-state index in [4.69, 9.17) is 16.6 Å². The van der Waals surface area contributed by atoms with Gasteiger partial charge in [-0.15, -0.1) is 5.10 Å².